The molecule has 0 aliphatic heterocycles. The highest BCUT2D eigenvalue weighted by Crippen LogP contribution is 2.28. The fourth-order valence-electron chi connectivity index (χ4n) is 3.95. The molecule has 4 rings (SSSR count). The lowest BCUT2D eigenvalue weighted by Crippen LogP contribution is -2.33. The first-order chi connectivity index (χ1) is 14.4. The Hall–Kier alpha value is -2.19. The van der Waals surface area contributed by atoms with Gasteiger partial charge in [0.1, 0.15) is 0 Å². The van der Waals surface area contributed by atoms with E-state index in [2.05, 4.69) is 81.2 Å². The van der Waals surface area contributed by atoms with Crippen molar-refractivity contribution in [3.63, 3.8) is 0 Å². The molecule has 8 heteroatoms. The summed E-state index contributed by atoms with van der Waals surface area (Å²) in [5.41, 5.74) is 8.89. The minimum atomic E-state index is 0.0842. The van der Waals surface area contributed by atoms with Gasteiger partial charge in [-0.3, -0.25) is 0 Å². The van der Waals surface area contributed by atoms with Gasteiger partial charge in [0.05, 0.1) is 12.4 Å². The number of imidazole rings is 1. The molecule has 0 radical (unpaired) electrons. The summed E-state index contributed by atoms with van der Waals surface area (Å²) in [5, 5.41) is 7.10. The average molecular weight is 472 g/mol. The van der Waals surface area contributed by atoms with Crippen LogP contribution in [-0.2, 0) is 0 Å². The Morgan fingerprint density at radius 1 is 1.07 bits per heavy atom. The Morgan fingerprint density at radius 2 is 1.77 bits per heavy atom. The Morgan fingerprint density at radius 3 is 2.43 bits per heavy atom. The van der Waals surface area contributed by atoms with E-state index in [-0.39, 0.29) is 12.1 Å². The SMILES string of the molecule is CC(Nc1nc(NC2CCC(N)CC2)nc2c1ncn2C(C)C)c1ccc(Br)cc1. The zero-order valence-electron chi connectivity index (χ0n) is 17.8. The molecular formula is C22H30BrN7. The van der Waals surface area contributed by atoms with Crippen molar-refractivity contribution in [3.05, 3.63) is 40.6 Å². The molecule has 30 heavy (non-hydrogen) atoms. The first kappa shape index (κ1) is 21.1. The maximum Gasteiger partial charge on any atom is 0.227 e. The molecule has 0 bridgehead atoms. The number of rotatable bonds is 6. The number of aromatic nitrogens is 4. The lowest BCUT2D eigenvalue weighted by Gasteiger charge is -2.27. The van der Waals surface area contributed by atoms with Gasteiger partial charge >= 0.3 is 0 Å². The smallest absolute Gasteiger partial charge is 0.227 e. The zero-order valence-corrected chi connectivity index (χ0v) is 19.4. The summed E-state index contributed by atoms with van der Waals surface area (Å²) in [4.78, 5) is 14.3. The Bertz CT molecular complexity index is 991. The molecule has 1 aromatic carbocycles. The third-order valence-electron chi connectivity index (χ3n) is 5.81. The minimum Gasteiger partial charge on any atom is -0.362 e. The highest BCUT2D eigenvalue weighted by atomic mass is 79.9. The van der Waals surface area contributed by atoms with Gasteiger partial charge in [-0.2, -0.15) is 9.97 Å². The summed E-state index contributed by atoms with van der Waals surface area (Å²) in [7, 11) is 0. The molecular weight excluding hydrogens is 442 g/mol. The van der Waals surface area contributed by atoms with Crippen LogP contribution in [0.4, 0.5) is 11.8 Å². The molecule has 1 atom stereocenters. The standard InChI is InChI=1S/C22H30BrN7/c1-13(2)30-12-25-19-20(26-14(3)15-4-6-16(23)7-5-15)28-22(29-21(19)30)27-18-10-8-17(24)9-11-18/h4-7,12-14,17-18H,8-11,24H2,1-3H3,(H2,26,27,28,29). The van der Waals surface area contributed by atoms with Crippen LogP contribution < -0.4 is 16.4 Å². The molecule has 0 spiro atoms. The van der Waals surface area contributed by atoms with Crippen molar-refractivity contribution in [2.24, 2.45) is 5.73 Å². The number of fused-ring (bicyclic) bond motifs is 1. The number of nitrogens with zero attached hydrogens (tertiary/aromatic N) is 4. The maximum absolute atomic E-state index is 6.06. The largest absolute Gasteiger partial charge is 0.362 e. The lowest BCUT2D eigenvalue weighted by molar-refractivity contribution is 0.410. The fourth-order valence-corrected chi connectivity index (χ4v) is 4.21. The summed E-state index contributed by atoms with van der Waals surface area (Å²) >= 11 is 3.50. The summed E-state index contributed by atoms with van der Waals surface area (Å²) in [6, 6.07) is 9.35. The third-order valence-corrected chi connectivity index (χ3v) is 6.33. The van der Waals surface area contributed by atoms with E-state index in [0.717, 1.165) is 47.1 Å². The normalized spacial score (nSPS) is 20.5. The van der Waals surface area contributed by atoms with Gasteiger partial charge in [-0.25, -0.2) is 4.98 Å². The van der Waals surface area contributed by atoms with Gasteiger partial charge in [0.2, 0.25) is 5.95 Å². The van der Waals surface area contributed by atoms with Crippen molar-refractivity contribution in [2.45, 2.75) is 70.6 Å². The number of nitrogens with two attached hydrogens (primary N) is 1. The van der Waals surface area contributed by atoms with E-state index in [1.807, 2.05) is 6.33 Å². The first-order valence-electron chi connectivity index (χ1n) is 10.7. The van der Waals surface area contributed by atoms with Gasteiger partial charge in [0.25, 0.3) is 0 Å². The number of hydrogen-bond donors (Lipinski definition) is 3. The number of hydrogen-bond acceptors (Lipinski definition) is 6. The van der Waals surface area contributed by atoms with E-state index >= 15 is 0 Å². The number of nitrogens with one attached hydrogen (secondary N) is 2. The second-order valence-electron chi connectivity index (χ2n) is 8.49. The second-order valence-corrected chi connectivity index (χ2v) is 9.40. The van der Waals surface area contributed by atoms with Crippen molar-refractivity contribution in [1.29, 1.82) is 0 Å². The van der Waals surface area contributed by atoms with Crippen molar-refractivity contribution in [3.8, 4) is 0 Å². The zero-order chi connectivity index (χ0) is 21.3. The summed E-state index contributed by atoms with van der Waals surface area (Å²) in [6.07, 6.45) is 6.02. The van der Waals surface area contributed by atoms with Crippen molar-refractivity contribution in [1.82, 2.24) is 19.5 Å². The summed E-state index contributed by atoms with van der Waals surface area (Å²) in [6.45, 7) is 6.40. The van der Waals surface area contributed by atoms with E-state index < -0.39 is 0 Å². The van der Waals surface area contributed by atoms with Gasteiger partial charge in [0, 0.05) is 22.6 Å². The van der Waals surface area contributed by atoms with E-state index in [0.29, 0.717) is 18.0 Å². The number of benzene rings is 1. The van der Waals surface area contributed by atoms with Crippen LogP contribution in [0.2, 0.25) is 0 Å². The average Bonchev–Trinajstić information content (AvgIpc) is 3.15. The molecule has 3 aromatic rings. The van der Waals surface area contributed by atoms with E-state index in [1.54, 1.807) is 0 Å². The first-order valence-corrected chi connectivity index (χ1v) is 11.5. The Balaban J connectivity index is 1.65. The van der Waals surface area contributed by atoms with Crippen LogP contribution in [0.25, 0.3) is 11.2 Å². The predicted octanol–water partition coefficient (Wildman–Crippen LogP) is 5.02. The summed E-state index contributed by atoms with van der Waals surface area (Å²) < 4.78 is 3.16. The van der Waals surface area contributed by atoms with Crippen molar-refractivity contribution < 1.29 is 0 Å². The summed E-state index contributed by atoms with van der Waals surface area (Å²) in [5.74, 6) is 1.40. The van der Waals surface area contributed by atoms with Crippen LogP contribution in [0, 0.1) is 0 Å². The van der Waals surface area contributed by atoms with Gasteiger partial charge in [-0.05, 0) is 64.2 Å². The molecule has 1 saturated carbocycles. The molecule has 4 N–H and O–H groups in total. The van der Waals surface area contributed by atoms with Crippen LogP contribution in [-0.4, -0.2) is 31.6 Å². The molecule has 1 fully saturated rings. The molecule has 7 nitrogen and oxygen atoms in total. The van der Waals surface area contributed by atoms with Crippen molar-refractivity contribution in [2.75, 3.05) is 10.6 Å². The molecule has 0 saturated heterocycles. The van der Waals surface area contributed by atoms with E-state index in [1.165, 1.54) is 5.56 Å². The highest BCUT2D eigenvalue weighted by Gasteiger charge is 2.21. The number of halogens is 1. The van der Waals surface area contributed by atoms with Crippen LogP contribution in [0.15, 0.2) is 35.1 Å². The molecule has 0 amide bonds. The lowest BCUT2D eigenvalue weighted by atomic mass is 9.92. The van der Waals surface area contributed by atoms with E-state index in [4.69, 9.17) is 15.7 Å². The van der Waals surface area contributed by atoms with E-state index in [9.17, 15) is 0 Å². The fraction of sp³-hybridized carbons (Fsp3) is 0.500. The molecule has 1 aliphatic carbocycles. The predicted molar refractivity (Wildman–Crippen MR) is 126 cm³/mol. The molecule has 1 unspecified atom stereocenters. The van der Waals surface area contributed by atoms with Gasteiger partial charge in [-0.1, -0.05) is 28.1 Å². The van der Waals surface area contributed by atoms with Gasteiger partial charge in [0.15, 0.2) is 17.0 Å². The van der Waals surface area contributed by atoms with Crippen molar-refractivity contribution >= 4 is 38.9 Å². The Labute approximate surface area is 186 Å². The topological polar surface area (TPSA) is 93.7 Å². The van der Waals surface area contributed by atoms with Gasteiger partial charge < -0.3 is 20.9 Å². The van der Waals surface area contributed by atoms with Crippen LogP contribution in [0.1, 0.15) is 64.1 Å². The molecule has 1 aliphatic rings. The quantitative estimate of drug-likeness (QED) is 0.466. The highest BCUT2D eigenvalue weighted by molar-refractivity contribution is 9.10. The monoisotopic (exact) mass is 471 g/mol. The minimum absolute atomic E-state index is 0.0842. The third kappa shape index (κ3) is 4.59. The molecule has 2 aromatic heterocycles. The van der Waals surface area contributed by atoms with Crippen LogP contribution in [0.3, 0.4) is 0 Å². The molecule has 2 heterocycles. The second kappa shape index (κ2) is 8.89. The maximum atomic E-state index is 6.06. The number of anilines is 2. The van der Waals surface area contributed by atoms with Gasteiger partial charge in [-0.15, -0.1) is 0 Å². The Kier molecular flexibility index (Phi) is 6.24. The molecule has 160 valence electrons. The van der Waals surface area contributed by atoms with Crippen LogP contribution >= 0.6 is 15.9 Å². The van der Waals surface area contributed by atoms with Crippen LogP contribution in [0.5, 0.6) is 0 Å².